The van der Waals surface area contributed by atoms with Crippen molar-refractivity contribution in [2.45, 2.75) is 6.42 Å². The van der Waals surface area contributed by atoms with Gasteiger partial charge in [-0.1, -0.05) is 40.2 Å². The highest BCUT2D eigenvalue weighted by atomic mass is 79.9. The molecule has 2 heterocycles. The van der Waals surface area contributed by atoms with Crippen molar-refractivity contribution >= 4 is 38.9 Å². The first-order chi connectivity index (χ1) is 13.7. The van der Waals surface area contributed by atoms with Crippen molar-refractivity contribution in [3.05, 3.63) is 88.5 Å². The van der Waals surface area contributed by atoms with Crippen LogP contribution in [0.15, 0.2) is 82.9 Å². The van der Waals surface area contributed by atoms with Crippen molar-refractivity contribution in [2.75, 3.05) is 5.32 Å². The molecule has 138 valence electrons. The van der Waals surface area contributed by atoms with Gasteiger partial charge < -0.3 is 5.32 Å². The molecule has 0 saturated heterocycles. The third kappa shape index (κ3) is 4.52. The molecule has 0 spiro atoms. The number of amides is 1. The summed E-state index contributed by atoms with van der Waals surface area (Å²) in [7, 11) is 0. The molecule has 28 heavy (non-hydrogen) atoms. The molecule has 1 amide bonds. The van der Waals surface area contributed by atoms with E-state index in [0.717, 1.165) is 37.6 Å². The zero-order valence-electron chi connectivity index (χ0n) is 14.8. The van der Waals surface area contributed by atoms with Crippen LogP contribution < -0.4 is 5.32 Å². The zero-order valence-corrected chi connectivity index (χ0v) is 17.2. The Labute approximate surface area is 175 Å². The minimum Gasteiger partial charge on any atom is -0.326 e. The SMILES string of the molecule is O=C(Cc1ccc(Br)cc1)Nc1cccc(-c2csc(-c3ccncc3)n2)c1. The minimum absolute atomic E-state index is 0.0461. The Balaban J connectivity index is 1.48. The molecule has 2 aromatic heterocycles. The lowest BCUT2D eigenvalue weighted by Gasteiger charge is -2.07. The molecule has 0 saturated carbocycles. The molecular formula is C22H16BrN3OS. The van der Waals surface area contributed by atoms with Crippen molar-refractivity contribution in [3.63, 3.8) is 0 Å². The smallest absolute Gasteiger partial charge is 0.228 e. The summed E-state index contributed by atoms with van der Waals surface area (Å²) >= 11 is 4.99. The van der Waals surface area contributed by atoms with Crippen LogP contribution in [0.2, 0.25) is 0 Å². The number of aromatic nitrogens is 2. The van der Waals surface area contributed by atoms with E-state index in [1.807, 2.05) is 66.0 Å². The fraction of sp³-hybridized carbons (Fsp3) is 0.0455. The predicted molar refractivity (Wildman–Crippen MR) is 117 cm³/mol. The van der Waals surface area contributed by atoms with Gasteiger partial charge in [0.25, 0.3) is 0 Å². The van der Waals surface area contributed by atoms with E-state index in [9.17, 15) is 4.79 Å². The number of thiazole rings is 1. The van der Waals surface area contributed by atoms with E-state index >= 15 is 0 Å². The van der Waals surface area contributed by atoms with Gasteiger partial charge in [-0.3, -0.25) is 9.78 Å². The topological polar surface area (TPSA) is 54.9 Å². The van der Waals surface area contributed by atoms with E-state index in [-0.39, 0.29) is 5.91 Å². The van der Waals surface area contributed by atoms with Crippen LogP contribution in [0.4, 0.5) is 5.69 Å². The van der Waals surface area contributed by atoms with Crippen molar-refractivity contribution < 1.29 is 4.79 Å². The van der Waals surface area contributed by atoms with Gasteiger partial charge in [0.2, 0.25) is 5.91 Å². The maximum Gasteiger partial charge on any atom is 0.228 e. The quantitative estimate of drug-likeness (QED) is 0.417. The summed E-state index contributed by atoms with van der Waals surface area (Å²) in [6.07, 6.45) is 3.86. The number of pyridine rings is 1. The summed E-state index contributed by atoms with van der Waals surface area (Å²) in [5.41, 5.74) is 4.64. The first-order valence-electron chi connectivity index (χ1n) is 8.68. The van der Waals surface area contributed by atoms with E-state index in [0.29, 0.717) is 6.42 Å². The summed E-state index contributed by atoms with van der Waals surface area (Å²) in [4.78, 5) is 21.1. The average molecular weight is 450 g/mol. The number of nitrogens with zero attached hydrogens (tertiary/aromatic N) is 2. The van der Waals surface area contributed by atoms with Gasteiger partial charge in [0, 0.05) is 39.1 Å². The lowest BCUT2D eigenvalue weighted by molar-refractivity contribution is -0.115. The van der Waals surface area contributed by atoms with Crippen molar-refractivity contribution in [3.8, 4) is 21.8 Å². The van der Waals surface area contributed by atoms with E-state index < -0.39 is 0 Å². The molecule has 0 aliphatic carbocycles. The number of carbonyl (C=O) groups is 1. The normalized spacial score (nSPS) is 10.6. The van der Waals surface area contributed by atoms with Crippen molar-refractivity contribution in [2.24, 2.45) is 0 Å². The Bertz CT molecular complexity index is 1090. The van der Waals surface area contributed by atoms with E-state index in [1.165, 1.54) is 0 Å². The van der Waals surface area contributed by atoms with Gasteiger partial charge in [-0.2, -0.15) is 0 Å². The molecule has 4 nitrogen and oxygen atoms in total. The van der Waals surface area contributed by atoms with Gasteiger partial charge >= 0.3 is 0 Å². The Kier molecular flexibility index (Phi) is 5.60. The summed E-state index contributed by atoms with van der Waals surface area (Å²) in [5.74, 6) is -0.0461. The van der Waals surface area contributed by atoms with Gasteiger partial charge in [0.15, 0.2) is 0 Å². The highest BCUT2D eigenvalue weighted by Crippen LogP contribution is 2.29. The zero-order chi connectivity index (χ0) is 19.3. The Hall–Kier alpha value is -2.83. The molecule has 6 heteroatoms. The van der Waals surface area contributed by atoms with Gasteiger partial charge in [-0.05, 0) is 42.0 Å². The van der Waals surface area contributed by atoms with Crippen LogP contribution in [-0.4, -0.2) is 15.9 Å². The highest BCUT2D eigenvalue weighted by molar-refractivity contribution is 9.10. The number of rotatable bonds is 5. The fourth-order valence-electron chi connectivity index (χ4n) is 2.78. The molecule has 0 aliphatic rings. The van der Waals surface area contributed by atoms with Gasteiger partial charge in [0.1, 0.15) is 5.01 Å². The minimum atomic E-state index is -0.0461. The number of hydrogen-bond acceptors (Lipinski definition) is 4. The molecule has 4 rings (SSSR count). The summed E-state index contributed by atoms with van der Waals surface area (Å²) < 4.78 is 0.999. The molecule has 0 radical (unpaired) electrons. The standard InChI is InChI=1S/C22H16BrN3OS/c23-18-6-4-15(5-7-18)12-21(27)25-19-3-1-2-17(13-19)20-14-28-22(26-20)16-8-10-24-11-9-16/h1-11,13-14H,12H2,(H,25,27). The lowest BCUT2D eigenvalue weighted by Crippen LogP contribution is -2.14. The number of nitrogens with one attached hydrogen (secondary N) is 1. The Morgan fingerprint density at radius 3 is 2.57 bits per heavy atom. The van der Waals surface area contributed by atoms with Crippen molar-refractivity contribution in [1.82, 2.24) is 9.97 Å². The molecule has 2 aromatic carbocycles. The first-order valence-corrected chi connectivity index (χ1v) is 10.4. The molecule has 0 atom stereocenters. The van der Waals surface area contributed by atoms with Gasteiger partial charge in [-0.15, -0.1) is 11.3 Å². The van der Waals surface area contributed by atoms with Crippen LogP contribution in [0.5, 0.6) is 0 Å². The third-order valence-corrected chi connectivity index (χ3v) is 5.57. The van der Waals surface area contributed by atoms with Crippen LogP contribution in [-0.2, 0) is 11.2 Å². The molecule has 0 fully saturated rings. The number of hydrogen-bond donors (Lipinski definition) is 1. The number of carbonyl (C=O) groups excluding carboxylic acids is 1. The lowest BCUT2D eigenvalue weighted by atomic mass is 10.1. The fourth-order valence-corrected chi connectivity index (χ4v) is 3.88. The summed E-state index contributed by atoms with van der Waals surface area (Å²) in [6, 6.07) is 19.4. The molecule has 0 unspecified atom stereocenters. The first kappa shape index (κ1) is 18.5. The third-order valence-electron chi connectivity index (χ3n) is 4.15. The highest BCUT2D eigenvalue weighted by Gasteiger charge is 2.09. The van der Waals surface area contributed by atoms with Crippen LogP contribution in [0, 0.1) is 0 Å². The largest absolute Gasteiger partial charge is 0.326 e. The van der Waals surface area contributed by atoms with Crippen LogP contribution in [0.25, 0.3) is 21.8 Å². The second kappa shape index (κ2) is 8.46. The average Bonchev–Trinajstić information content (AvgIpc) is 3.21. The van der Waals surface area contributed by atoms with E-state index in [4.69, 9.17) is 4.98 Å². The summed E-state index contributed by atoms with van der Waals surface area (Å²) in [6.45, 7) is 0. The predicted octanol–water partition coefficient (Wildman–Crippen LogP) is 5.82. The molecule has 0 bridgehead atoms. The van der Waals surface area contributed by atoms with Crippen LogP contribution in [0.3, 0.4) is 0 Å². The van der Waals surface area contributed by atoms with Crippen molar-refractivity contribution in [1.29, 1.82) is 0 Å². The molecule has 0 aliphatic heterocycles. The number of halogens is 1. The number of anilines is 1. The Morgan fingerprint density at radius 2 is 1.79 bits per heavy atom. The van der Waals surface area contributed by atoms with Crippen LogP contribution in [0.1, 0.15) is 5.56 Å². The molecule has 4 aromatic rings. The second-order valence-electron chi connectivity index (χ2n) is 6.21. The van der Waals surface area contributed by atoms with Crippen LogP contribution >= 0.6 is 27.3 Å². The van der Waals surface area contributed by atoms with E-state index in [2.05, 4.69) is 26.2 Å². The van der Waals surface area contributed by atoms with E-state index in [1.54, 1.807) is 23.7 Å². The monoisotopic (exact) mass is 449 g/mol. The molecular weight excluding hydrogens is 434 g/mol. The Morgan fingerprint density at radius 1 is 1.00 bits per heavy atom. The van der Waals surface area contributed by atoms with Gasteiger partial charge in [0.05, 0.1) is 12.1 Å². The van der Waals surface area contributed by atoms with Gasteiger partial charge in [-0.25, -0.2) is 4.98 Å². The maximum absolute atomic E-state index is 12.4. The summed E-state index contributed by atoms with van der Waals surface area (Å²) in [5, 5.41) is 5.94. The molecule has 1 N–H and O–H groups in total. The maximum atomic E-state index is 12.4. The second-order valence-corrected chi connectivity index (χ2v) is 7.98. The number of benzene rings is 2.